The Kier molecular flexibility index (Phi) is 28.1. The van der Waals surface area contributed by atoms with Gasteiger partial charge in [0.25, 0.3) is 0 Å². The van der Waals surface area contributed by atoms with Gasteiger partial charge in [-0.3, -0.25) is 14.1 Å². The Balaban J connectivity index is 4.15. The lowest BCUT2D eigenvalue weighted by Gasteiger charge is -2.18. The molecular weight excluding hydrogens is 595 g/mol. The second-order valence-corrected chi connectivity index (χ2v) is 13.0. The van der Waals surface area contributed by atoms with Gasteiger partial charge in [-0.15, -0.1) is 0 Å². The maximum Gasteiger partial charge on any atom is 0.469 e. The number of unbranched alkanes of at least 4 members (excludes halogenated alkanes) is 7. The number of phosphoric ester groups is 1. The molecule has 0 radical (unpaired) electrons. The van der Waals surface area contributed by atoms with Gasteiger partial charge in [-0.05, 0) is 50.9 Å². The fraction of sp³-hybridized carbons (Fsp3) is 0.714. The summed E-state index contributed by atoms with van der Waals surface area (Å²) in [5.41, 5.74) is 0. The Bertz CT molecular complexity index is 905. The number of aliphatic hydroxyl groups excluding tert-OH is 1. The molecule has 0 aliphatic heterocycles. The monoisotopic (exact) mass is 656 g/mol. The molecule has 0 aromatic carbocycles. The molecule has 2 atom stereocenters. The molecule has 260 valence electrons. The lowest BCUT2D eigenvalue weighted by molar-refractivity contribution is -0.161. The van der Waals surface area contributed by atoms with Crippen molar-refractivity contribution < 1.29 is 43.0 Å². The summed E-state index contributed by atoms with van der Waals surface area (Å²) in [7, 11) is -4.76. The number of hydrogen-bond donors (Lipinski definition) is 3. The maximum absolute atomic E-state index is 12.3. The van der Waals surface area contributed by atoms with Crippen LogP contribution < -0.4 is 0 Å². The zero-order valence-electron chi connectivity index (χ0n) is 28.0. The molecule has 3 N–H and O–H groups in total. The van der Waals surface area contributed by atoms with Crippen LogP contribution in [0.1, 0.15) is 130 Å². The van der Waals surface area contributed by atoms with Crippen molar-refractivity contribution in [3.05, 3.63) is 48.6 Å². The van der Waals surface area contributed by atoms with Gasteiger partial charge in [-0.1, -0.05) is 121 Å². The van der Waals surface area contributed by atoms with Crippen LogP contribution in [0.4, 0.5) is 0 Å². The van der Waals surface area contributed by atoms with Gasteiger partial charge in [0.2, 0.25) is 0 Å². The van der Waals surface area contributed by atoms with Crippen LogP contribution in [-0.2, 0) is 28.2 Å². The lowest BCUT2D eigenvalue weighted by atomic mass is 10.0. The predicted octanol–water partition coefficient (Wildman–Crippen LogP) is 8.44. The molecule has 9 nitrogen and oxygen atoms in total. The number of aliphatic hydroxyl groups is 1. The molecule has 0 amide bonds. The van der Waals surface area contributed by atoms with Crippen LogP contribution in [-0.4, -0.2) is 52.3 Å². The molecular formula is C35H61O9P. The van der Waals surface area contributed by atoms with Crippen LogP contribution in [0.25, 0.3) is 0 Å². The molecule has 0 unspecified atom stereocenters. The number of hydrogen-bond acceptors (Lipinski definition) is 7. The first kappa shape index (κ1) is 43.0. The molecule has 0 heterocycles. The van der Waals surface area contributed by atoms with Crippen LogP contribution in [0.2, 0.25) is 0 Å². The highest BCUT2D eigenvalue weighted by Gasteiger charge is 2.22. The third kappa shape index (κ3) is 33.2. The van der Waals surface area contributed by atoms with E-state index in [1.807, 2.05) is 24.3 Å². The van der Waals surface area contributed by atoms with Crippen molar-refractivity contribution >= 4 is 19.8 Å². The lowest BCUT2D eigenvalue weighted by Crippen LogP contribution is -2.29. The van der Waals surface area contributed by atoms with Crippen LogP contribution in [0, 0.1) is 5.92 Å². The Morgan fingerprint density at radius 1 is 0.711 bits per heavy atom. The number of phosphoric acid groups is 1. The highest BCUT2D eigenvalue weighted by Crippen LogP contribution is 2.35. The highest BCUT2D eigenvalue weighted by atomic mass is 31.2. The number of carbonyl (C=O) groups excluding carboxylic acids is 2. The second kappa shape index (κ2) is 29.4. The molecule has 0 bridgehead atoms. The summed E-state index contributed by atoms with van der Waals surface area (Å²) in [5, 5.41) is 9.76. The Hall–Kier alpha value is -2.03. The molecule has 0 aliphatic carbocycles. The van der Waals surface area contributed by atoms with Gasteiger partial charge in [-0.25, -0.2) is 4.57 Å². The molecule has 0 fully saturated rings. The first-order chi connectivity index (χ1) is 21.5. The van der Waals surface area contributed by atoms with Gasteiger partial charge in [0.15, 0.2) is 6.10 Å². The quantitative estimate of drug-likeness (QED) is 0.0313. The second-order valence-electron chi connectivity index (χ2n) is 11.8. The average Bonchev–Trinajstić information content (AvgIpc) is 2.98. The van der Waals surface area contributed by atoms with Crippen LogP contribution in [0.5, 0.6) is 0 Å². The number of esters is 2. The number of rotatable bonds is 29. The minimum Gasteiger partial charge on any atom is -0.462 e. The van der Waals surface area contributed by atoms with E-state index in [9.17, 15) is 19.3 Å². The first-order valence-corrected chi connectivity index (χ1v) is 18.4. The van der Waals surface area contributed by atoms with Gasteiger partial charge in [0.1, 0.15) is 6.61 Å². The summed E-state index contributed by atoms with van der Waals surface area (Å²) >= 11 is 0. The third-order valence-corrected chi connectivity index (χ3v) is 7.33. The van der Waals surface area contributed by atoms with Crippen molar-refractivity contribution in [3.8, 4) is 0 Å². The number of ether oxygens (including phenoxy) is 2. The average molecular weight is 657 g/mol. The smallest absolute Gasteiger partial charge is 0.462 e. The Morgan fingerprint density at radius 2 is 1.29 bits per heavy atom. The van der Waals surface area contributed by atoms with Gasteiger partial charge in [0.05, 0.1) is 12.7 Å². The molecule has 10 heteroatoms. The van der Waals surface area contributed by atoms with E-state index >= 15 is 0 Å². The van der Waals surface area contributed by atoms with Crippen molar-refractivity contribution in [2.24, 2.45) is 5.92 Å². The largest absolute Gasteiger partial charge is 0.469 e. The number of carbonyl (C=O) groups is 2. The van der Waals surface area contributed by atoms with E-state index in [4.69, 9.17) is 19.3 Å². The molecule has 0 aliphatic rings. The summed E-state index contributed by atoms with van der Waals surface area (Å²) in [6.07, 6.45) is 29.2. The van der Waals surface area contributed by atoms with E-state index in [1.165, 1.54) is 19.3 Å². The predicted molar refractivity (Wildman–Crippen MR) is 180 cm³/mol. The minimum absolute atomic E-state index is 0.173. The van der Waals surface area contributed by atoms with E-state index < -0.39 is 32.5 Å². The van der Waals surface area contributed by atoms with Crippen LogP contribution >= 0.6 is 7.82 Å². The van der Waals surface area contributed by atoms with E-state index in [1.54, 1.807) is 0 Å². The van der Waals surface area contributed by atoms with Gasteiger partial charge < -0.3 is 24.4 Å². The minimum atomic E-state index is -4.76. The summed E-state index contributed by atoms with van der Waals surface area (Å²) in [5.74, 6) is -0.265. The zero-order valence-corrected chi connectivity index (χ0v) is 28.9. The van der Waals surface area contributed by atoms with Crippen molar-refractivity contribution in [1.82, 2.24) is 0 Å². The van der Waals surface area contributed by atoms with Gasteiger partial charge in [-0.2, -0.15) is 0 Å². The molecule has 0 saturated carbocycles. The van der Waals surface area contributed by atoms with E-state index in [0.29, 0.717) is 19.3 Å². The molecule has 0 saturated heterocycles. The van der Waals surface area contributed by atoms with Crippen LogP contribution in [0.15, 0.2) is 48.6 Å². The maximum atomic E-state index is 12.3. The summed E-state index contributed by atoms with van der Waals surface area (Å²) < 4.78 is 26.1. The van der Waals surface area contributed by atoms with Crippen molar-refractivity contribution in [1.29, 1.82) is 0 Å². The van der Waals surface area contributed by atoms with E-state index in [0.717, 1.165) is 63.7 Å². The topological polar surface area (TPSA) is 140 Å². The zero-order chi connectivity index (χ0) is 33.6. The van der Waals surface area contributed by atoms with Crippen LogP contribution in [0.3, 0.4) is 0 Å². The standard InChI is InChI=1S/C35H61O9P/c1-4-5-25-32(36)26-21-17-12-10-8-6-7-9-11-13-18-22-27-34(37)42-29-33(30-43-45(39,40)41)44-35(38)28-23-19-15-14-16-20-24-31(2)3/h6-7,10-13,21,26,31-33,36H,4-5,8-9,14-20,22-25,27-30H2,1-3H3,(H2,39,40,41)/b7-6-,12-10-,13-11-,26-21-/t32-,33+/m0/s1. The Labute approximate surface area is 272 Å². The third-order valence-electron chi connectivity index (χ3n) is 6.85. The fourth-order valence-corrected chi connectivity index (χ4v) is 4.63. The SMILES string of the molecule is CCCC[C@H](O)/C=C\C/C=C\C/C=C\C/C=C\CCCC(=O)OC[C@H](COP(=O)(O)O)OC(=O)CCCCCCCCC(C)C. The molecule has 0 rings (SSSR count). The van der Waals surface area contributed by atoms with E-state index in [2.05, 4.69) is 49.6 Å². The fourth-order valence-electron chi connectivity index (χ4n) is 4.27. The van der Waals surface area contributed by atoms with Gasteiger partial charge in [0, 0.05) is 12.8 Å². The van der Waals surface area contributed by atoms with E-state index in [-0.39, 0.29) is 25.6 Å². The summed E-state index contributed by atoms with van der Waals surface area (Å²) in [6.45, 7) is 5.66. The molecule has 0 aromatic rings. The Morgan fingerprint density at radius 3 is 1.91 bits per heavy atom. The first-order valence-electron chi connectivity index (χ1n) is 16.9. The molecule has 0 aromatic heterocycles. The van der Waals surface area contributed by atoms with Gasteiger partial charge >= 0.3 is 19.8 Å². The molecule has 0 spiro atoms. The summed E-state index contributed by atoms with van der Waals surface area (Å²) in [6, 6.07) is 0. The highest BCUT2D eigenvalue weighted by molar-refractivity contribution is 7.46. The summed E-state index contributed by atoms with van der Waals surface area (Å²) in [4.78, 5) is 42.4. The van der Waals surface area contributed by atoms with Crippen molar-refractivity contribution in [2.75, 3.05) is 13.2 Å². The van der Waals surface area contributed by atoms with Crippen molar-refractivity contribution in [2.45, 2.75) is 142 Å². The number of allylic oxidation sites excluding steroid dienone is 7. The van der Waals surface area contributed by atoms with Crippen molar-refractivity contribution in [3.63, 3.8) is 0 Å². The normalized spacial score (nSPS) is 13.9. The molecule has 45 heavy (non-hydrogen) atoms.